The number of nitrogens with zero attached hydrogens (tertiary/aromatic N) is 4. The van der Waals surface area contributed by atoms with E-state index in [9.17, 15) is 38.4 Å². The number of carbonyl (C=O) groups excluding carboxylic acids is 8. The number of fused-ring (bicyclic) bond motifs is 2. The quantitative estimate of drug-likeness (QED) is 0.0474. The largest absolute Gasteiger partial charge is 0.457 e. The van der Waals surface area contributed by atoms with E-state index in [2.05, 4.69) is 34.6 Å². The van der Waals surface area contributed by atoms with Gasteiger partial charge in [0.2, 0.25) is 0 Å². The minimum atomic E-state index is -0.331. The average Bonchev–Trinajstić information content (AvgIpc) is 3.65. The predicted octanol–water partition coefficient (Wildman–Crippen LogP) is 16.0. The van der Waals surface area contributed by atoms with Gasteiger partial charge in [-0.05, 0) is 129 Å². The maximum absolute atomic E-state index is 13.6. The minimum Gasteiger partial charge on any atom is -0.457 e. The molecule has 2 fully saturated rings. The van der Waals surface area contributed by atoms with Gasteiger partial charge in [-0.25, -0.2) is 0 Å². The summed E-state index contributed by atoms with van der Waals surface area (Å²) in [6.07, 6.45) is 40.2. The van der Waals surface area contributed by atoms with Crippen molar-refractivity contribution in [2.24, 2.45) is 47.3 Å². The molecule has 6 aliphatic rings. The van der Waals surface area contributed by atoms with Crippen molar-refractivity contribution in [2.75, 3.05) is 19.6 Å². The van der Waals surface area contributed by atoms with E-state index in [1.807, 2.05) is 0 Å². The van der Waals surface area contributed by atoms with Crippen LogP contribution in [-0.4, -0.2) is 92.5 Å². The van der Waals surface area contributed by atoms with Gasteiger partial charge in [0.25, 0.3) is 47.3 Å². The fraction of sp³-hybridized carbons (Fsp3) is 0.667. The number of rotatable bonds is 37. The van der Waals surface area contributed by atoms with Crippen molar-refractivity contribution >= 4 is 47.3 Å². The highest BCUT2D eigenvalue weighted by Gasteiger charge is 2.45. The molecular formula is C72H102N4O9. The Hall–Kier alpha value is -5.72. The van der Waals surface area contributed by atoms with Gasteiger partial charge in [-0.1, -0.05) is 189 Å². The molecule has 0 saturated heterocycles. The van der Waals surface area contributed by atoms with Crippen LogP contribution < -0.4 is 4.74 Å². The molecule has 0 aromatic heterocycles. The molecule has 8 rings (SSSR count). The Labute approximate surface area is 508 Å². The zero-order chi connectivity index (χ0) is 60.4. The molecule has 8 amide bonds. The molecule has 9 unspecified atom stereocenters. The summed E-state index contributed by atoms with van der Waals surface area (Å²) in [4.78, 5) is 109. The molecule has 464 valence electrons. The van der Waals surface area contributed by atoms with E-state index < -0.39 is 0 Å². The minimum absolute atomic E-state index is 0.0454. The highest BCUT2D eigenvalue weighted by atomic mass is 16.5. The molecule has 2 saturated carbocycles. The number of imide groups is 4. The Kier molecular flexibility index (Phi) is 24.8. The topological polar surface area (TPSA) is 159 Å². The lowest BCUT2D eigenvalue weighted by molar-refractivity contribution is -0.143. The lowest BCUT2D eigenvalue weighted by atomic mass is 9.63. The molecule has 2 aliphatic carbocycles. The lowest BCUT2D eigenvalue weighted by Gasteiger charge is -2.47. The number of hydrogen-bond acceptors (Lipinski definition) is 9. The second kappa shape index (κ2) is 32.3. The van der Waals surface area contributed by atoms with Gasteiger partial charge in [-0.2, -0.15) is 0 Å². The first kappa shape index (κ1) is 65.3. The number of carbonyl (C=O) groups is 8. The summed E-state index contributed by atoms with van der Waals surface area (Å²) >= 11 is 0. The third-order valence-corrected chi connectivity index (χ3v) is 21.0. The van der Waals surface area contributed by atoms with E-state index in [0.717, 1.165) is 139 Å². The monoisotopic (exact) mass is 1170 g/mol. The van der Waals surface area contributed by atoms with Gasteiger partial charge in [-0.3, -0.25) is 58.0 Å². The van der Waals surface area contributed by atoms with Gasteiger partial charge in [-0.15, -0.1) is 0 Å². The Morgan fingerprint density at radius 2 is 0.812 bits per heavy atom. The summed E-state index contributed by atoms with van der Waals surface area (Å²) in [5.41, 5.74) is 1.34. The zero-order valence-corrected chi connectivity index (χ0v) is 52.5. The highest BCUT2D eigenvalue weighted by Crippen LogP contribution is 2.47. The third-order valence-electron chi connectivity index (χ3n) is 21.0. The molecule has 0 radical (unpaired) electrons. The van der Waals surface area contributed by atoms with Crippen molar-refractivity contribution in [1.29, 1.82) is 0 Å². The van der Waals surface area contributed by atoms with Gasteiger partial charge < -0.3 is 4.74 Å². The van der Waals surface area contributed by atoms with Crippen LogP contribution in [0.2, 0.25) is 0 Å². The van der Waals surface area contributed by atoms with Crippen LogP contribution in [0.3, 0.4) is 0 Å². The van der Waals surface area contributed by atoms with Gasteiger partial charge >= 0.3 is 0 Å². The molecule has 2 aromatic rings. The number of hydrogen-bond donors (Lipinski definition) is 0. The molecule has 13 heteroatoms. The summed E-state index contributed by atoms with van der Waals surface area (Å²) < 4.78 is 6.18. The van der Waals surface area contributed by atoms with Crippen molar-refractivity contribution in [2.45, 2.75) is 240 Å². The molecule has 0 bridgehead atoms. The number of ether oxygens (including phenoxy) is 1. The molecule has 0 N–H and O–H groups in total. The summed E-state index contributed by atoms with van der Waals surface area (Å²) in [6, 6.07) is 9.78. The summed E-state index contributed by atoms with van der Waals surface area (Å²) in [5, 5.41) is 0. The van der Waals surface area contributed by atoms with Crippen molar-refractivity contribution in [3.63, 3.8) is 0 Å². The van der Waals surface area contributed by atoms with E-state index in [4.69, 9.17) is 4.74 Å². The lowest BCUT2D eigenvalue weighted by Crippen LogP contribution is -2.51. The summed E-state index contributed by atoms with van der Waals surface area (Å²) in [6.45, 7) is 13.1. The molecular weight excluding hydrogens is 1060 g/mol. The van der Waals surface area contributed by atoms with E-state index >= 15 is 0 Å². The summed E-state index contributed by atoms with van der Waals surface area (Å²) in [7, 11) is 0. The first-order valence-electron chi connectivity index (χ1n) is 34.0. The van der Waals surface area contributed by atoms with Crippen LogP contribution in [0.4, 0.5) is 0 Å². The van der Waals surface area contributed by atoms with E-state index in [-0.39, 0.29) is 53.3 Å². The Bertz CT molecular complexity index is 2680. The second-order valence-electron chi connectivity index (χ2n) is 26.7. The maximum atomic E-state index is 13.6. The number of amides is 8. The molecule has 0 spiro atoms. The van der Waals surface area contributed by atoms with Gasteiger partial charge in [0.05, 0.1) is 22.3 Å². The Morgan fingerprint density at radius 3 is 1.33 bits per heavy atom. The Morgan fingerprint density at radius 1 is 0.412 bits per heavy atom. The third kappa shape index (κ3) is 16.9. The van der Waals surface area contributed by atoms with Crippen LogP contribution in [0, 0.1) is 47.3 Å². The molecule has 13 nitrogen and oxygen atoms in total. The highest BCUT2D eigenvalue weighted by molar-refractivity contribution is 6.22. The van der Waals surface area contributed by atoms with E-state index in [0.29, 0.717) is 77.1 Å². The average molecular weight is 1170 g/mol. The number of unbranched alkanes of at least 4 members (excludes halogenated alkanes) is 19. The number of benzene rings is 2. The van der Waals surface area contributed by atoms with Crippen LogP contribution >= 0.6 is 0 Å². The smallest absolute Gasteiger partial charge is 0.261 e. The van der Waals surface area contributed by atoms with Crippen molar-refractivity contribution in [3.05, 3.63) is 83.0 Å². The fourth-order valence-electron chi connectivity index (χ4n) is 15.6. The molecule has 9 atom stereocenters. The maximum Gasteiger partial charge on any atom is 0.261 e. The van der Waals surface area contributed by atoms with Crippen molar-refractivity contribution in [3.8, 4) is 11.5 Å². The van der Waals surface area contributed by atoms with Gasteiger partial charge in [0.15, 0.2) is 0 Å². The molecule has 4 heterocycles. The first-order chi connectivity index (χ1) is 41.2. The fourth-order valence-corrected chi connectivity index (χ4v) is 15.6. The zero-order valence-electron chi connectivity index (χ0n) is 52.5. The van der Waals surface area contributed by atoms with Crippen LogP contribution in [0.1, 0.15) is 275 Å². The van der Waals surface area contributed by atoms with Crippen LogP contribution in [0.15, 0.2) is 60.7 Å². The second-order valence-corrected chi connectivity index (χ2v) is 26.7. The molecule has 4 aliphatic heterocycles. The van der Waals surface area contributed by atoms with E-state index in [1.54, 1.807) is 41.3 Å². The summed E-state index contributed by atoms with van der Waals surface area (Å²) in [5.74, 6) is 3.80. The van der Waals surface area contributed by atoms with Crippen LogP contribution in [-0.2, 0) is 19.2 Å². The van der Waals surface area contributed by atoms with Crippen molar-refractivity contribution < 1.29 is 43.1 Å². The first-order valence-corrected chi connectivity index (χ1v) is 34.0. The van der Waals surface area contributed by atoms with E-state index in [1.165, 1.54) is 122 Å². The predicted molar refractivity (Wildman–Crippen MR) is 334 cm³/mol. The standard InChI is InChI=1S/C72H102N4O9/c1-6-7-8-15-25-32-63(76-66(79)43-44-67(76)80)68-53(5)51(3)34-36-55(68)30-23-17-10-13-20-27-46-74-69(81)59-39-37-56(48-61(59)71(74)83)85-57-38-40-60-62(49-57)72(84)75(70(60)82)47-28-21-14-11-18-24-31-58-52(4)50(2)33-35-54(58)29-22-16-9-12-19-26-45-73-64(77)41-42-65(73)78/h37-44,48-55,58,63,68H,6-36,45-47H2,1-5H3. The van der Waals surface area contributed by atoms with Crippen LogP contribution in [0.5, 0.6) is 11.5 Å². The van der Waals surface area contributed by atoms with Gasteiger partial charge in [0, 0.05) is 50.0 Å². The molecule has 85 heavy (non-hydrogen) atoms. The van der Waals surface area contributed by atoms with Gasteiger partial charge in [0.1, 0.15) is 11.5 Å². The Balaban J connectivity index is 0.699. The SMILES string of the molecule is CCCCCCCC(C1C(CCCCCCCCN2C(=O)c3ccc(Oc4ccc5c(c4)C(=O)N(CCCCCCCCC4C(CCCCCCCCN6C(=O)C=CC6=O)CCC(C)C4C)C5=O)cc3C2=O)CCC(C)C1C)N1C(=O)C=CC1=O. The normalized spacial score (nSPS) is 24.3. The van der Waals surface area contributed by atoms with Crippen molar-refractivity contribution in [1.82, 2.24) is 19.6 Å². The molecule has 2 aromatic carbocycles. The van der Waals surface area contributed by atoms with Crippen LogP contribution in [0.25, 0.3) is 0 Å².